The van der Waals surface area contributed by atoms with Crippen molar-refractivity contribution in [3.8, 4) is 0 Å². The number of nitrogens with one attached hydrogen (secondary N) is 2. The molecule has 0 atom stereocenters. The topological polar surface area (TPSA) is 66.9 Å². The molecule has 7 heteroatoms. The molecule has 3 rings (SSSR count). The molecule has 2 aromatic carbocycles. The van der Waals surface area contributed by atoms with E-state index in [0.29, 0.717) is 11.5 Å². The lowest BCUT2D eigenvalue weighted by Gasteiger charge is -2.07. The van der Waals surface area contributed by atoms with Crippen LogP contribution in [0.2, 0.25) is 5.02 Å². The Morgan fingerprint density at radius 1 is 1.00 bits per heavy atom. The second kappa shape index (κ2) is 7.27. The fourth-order valence-electron chi connectivity index (χ4n) is 2.07. The molecule has 0 aliphatic heterocycles. The first-order chi connectivity index (χ1) is 12.0. The maximum Gasteiger partial charge on any atom is 0.276 e. The van der Waals surface area contributed by atoms with Crippen LogP contribution in [-0.2, 0) is 0 Å². The van der Waals surface area contributed by atoms with Crippen LogP contribution in [-0.4, -0.2) is 16.1 Å². The maximum absolute atomic E-state index is 13.1. The summed E-state index contributed by atoms with van der Waals surface area (Å²) in [6.45, 7) is 2.01. The van der Waals surface area contributed by atoms with E-state index in [4.69, 9.17) is 11.6 Å². The van der Waals surface area contributed by atoms with Crippen LogP contribution in [0.15, 0.2) is 54.6 Å². The molecule has 0 spiro atoms. The highest BCUT2D eigenvalue weighted by Gasteiger charge is 2.10. The van der Waals surface area contributed by atoms with Crippen LogP contribution in [0.3, 0.4) is 0 Å². The number of hydrogen-bond acceptors (Lipinski definition) is 4. The third-order valence-electron chi connectivity index (χ3n) is 3.40. The lowest BCUT2D eigenvalue weighted by Crippen LogP contribution is -2.14. The molecule has 0 bridgehead atoms. The number of aryl methyl sites for hydroxylation is 1. The first kappa shape index (κ1) is 16.9. The zero-order valence-corrected chi connectivity index (χ0v) is 14.0. The Labute approximate surface area is 148 Å². The Bertz CT molecular complexity index is 898. The van der Waals surface area contributed by atoms with E-state index in [-0.39, 0.29) is 10.7 Å². The van der Waals surface area contributed by atoms with Crippen LogP contribution in [0.5, 0.6) is 0 Å². The summed E-state index contributed by atoms with van der Waals surface area (Å²) in [6, 6.07) is 14.9. The van der Waals surface area contributed by atoms with Gasteiger partial charge in [0.25, 0.3) is 5.91 Å². The van der Waals surface area contributed by atoms with Crippen molar-refractivity contribution in [3.63, 3.8) is 0 Å². The highest BCUT2D eigenvalue weighted by molar-refractivity contribution is 6.31. The second-order valence-corrected chi connectivity index (χ2v) is 5.79. The molecule has 2 N–H and O–H groups in total. The van der Waals surface area contributed by atoms with Gasteiger partial charge in [0, 0.05) is 11.4 Å². The van der Waals surface area contributed by atoms with Gasteiger partial charge < -0.3 is 10.6 Å². The van der Waals surface area contributed by atoms with Gasteiger partial charge in [-0.05, 0) is 49.4 Å². The molecular formula is C18H14ClFN4O. The molecule has 0 aliphatic rings. The van der Waals surface area contributed by atoms with E-state index in [0.717, 1.165) is 11.3 Å². The van der Waals surface area contributed by atoms with Gasteiger partial charge in [0.05, 0.1) is 5.02 Å². The molecule has 126 valence electrons. The van der Waals surface area contributed by atoms with Crippen molar-refractivity contribution in [3.05, 3.63) is 76.7 Å². The fourth-order valence-corrected chi connectivity index (χ4v) is 2.25. The molecule has 0 fully saturated rings. The molecule has 25 heavy (non-hydrogen) atoms. The van der Waals surface area contributed by atoms with Crippen LogP contribution >= 0.6 is 11.6 Å². The molecule has 1 heterocycles. The molecule has 0 unspecified atom stereocenters. The number of anilines is 3. The van der Waals surface area contributed by atoms with Gasteiger partial charge in [0.1, 0.15) is 5.82 Å². The summed E-state index contributed by atoms with van der Waals surface area (Å²) in [4.78, 5) is 12.1. The monoisotopic (exact) mass is 356 g/mol. The van der Waals surface area contributed by atoms with Gasteiger partial charge >= 0.3 is 0 Å². The average Bonchev–Trinajstić information content (AvgIpc) is 2.61. The largest absolute Gasteiger partial charge is 0.339 e. The smallest absolute Gasteiger partial charge is 0.276 e. The first-order valence-corrected chi connectivity index (χ1v) is 7.83. The number of nitrogens with zero attached hydrogens (tertiary/aromatic N) is 2. The van der Waals surface area contributed by atoms with E-state index in [1.54, 1.807) is 12.1 Å². The molecule has 1 aromatic heterocycles. The predicted molar refractivity (Wildman–Crippen MR) is 95.9 cm³/mol. The average molecular weight is 357 g/mol. The van der Waals surface area contributed by atoms with Crippen molar-refractivity contribution in [2.45, 2.75) is 6.92 Å². The molecule has 5 nitrogen and oxygen atoms in total. The molecule has 1 amide bonds. The zero-order valence-electron chi connectivity index (χ0n) is 13.3. The third-order valence-corrected chi connectivity index (χ3v) is 3.69. The van der Waals surface area contributed by atoms with Gasteiger partial charge in [0.2, 0.25) is 0 Å². The van der Waals surface area contributed by atoms with Crippen LogP contribution in [0.1, 0.15) is 16.1 Å². The SMILES string of the molecule is Cc1ccc(Nc2ccc(C(=O)Nc3ccc(F)c(Cl)c3)nn2)cc1. The molecule has 0 saturated heterocycles. The van der Waals surface area contributed by atoms with Crippen LogP contribution in [0.25, 0.3) is 0 Å². The van der Waals surface area contributed by atoms with Crippen LogP contribution in [0.4, 0.5) is 21.6 Å². The Morgan fingerprint density at radius 2 is 1.72 bits per heavy atom. The predicted octanol–water partition coefficient (Wildman–Crippen LogP) is 4.57. The van der Waals surface area contributed by atoms with E-state index in [2.05, 4.69) is 20.8 Å². The fraction of sp³-hybridized carbons (Fsp3) is 0.0556. The van der Waals surface area contributed by atoms with Crippen molar-refractivity contribution in [1.29, 1.82) is 0 Å². The minimum atomic E-state index is -0.550. The summed E-state index contributed by atoms with van der Waals surface area (Å²) < 4.78 is 13.1. The number of carbonyl (C=O) groups excluding carboxylic acids is 1. The zero-order chi connectivity index (χ0) is 17.8. The van der Waals surface area contributed by atoms with Gasteiger partial charge in [-0.25, -0.2) is 4.39 Å². The molecule has 0 saturated carbocycles. The van der Waals surface area contributed by atoms with Crippen molar-refractivity contribution in [2.24, 2.45) is 0 Å². The number of aromatic nitrogens is 2. The van der Waals surface area contributed by atoms with E-state index in [9.17, 15) is 9.18 Å². The van der Waals surface area contributed by atoms with E-state index in [1.807, 2.05) is 31.2 Å². The number of rotatable bonds is 4. The first-order valence-electron chi connectivity index (χ1n) is 7.45. The maximum atomic E-state index is 13.1. The summed E-state index contributed by atoms with van der Waals surface area (Å²) in [6.07, 6.45) is 0. The van der Waals surface area contributed by atoms with Crippen molar-refractivity contribution in [1.82, 2.24) is 10.2 Å². The van der Waals surface area contributed by atoms with E-state index in [1.165, 1.54) is 18.2 Å². The summed E-state index contributed by atoms with van der Waals surface area (Å²) >= 11 is 5.69. The number of hydrogen-bond donors (Lipinski definition) is 2. The molecular weight excluding hydrogens is 343 g/mol. The number of amides is 1. The van der Waals surface area contributed by atoms with Gasteiger partial charge in [-0.3, -0.25) is 4.79 Å². The van der Waals surface area contributed by atoms with Crippen LogP contribution < -0.4 is 10.6 Å². The highest BCUT2D eigenvalue weighted by Crippen LogP contribution is 2.20. The second-order valence-electron chi connectivity index (χ2n) is 5.38. The molecule has 0 aliphatic carbocycles. The van der Waals surface area contributed by atoms with E-state index >= 15 is 0 Å². The summed E-state index contributed by atoms with van der Waals surface area (Å²) in [5.41, 5.74) is 2.54. The Morgan fingerprint density at radius 3 is 2.36 bits per heavy atom. The normalized spacial score (nSPS) is 10.4. The lowest BCUT2D eigenvalue weighted by molar-refractivity contribution is 0.102. The standard InChI is InChI=1S/C18H14ClFN4O/c1-11-2-4-12(5-3-11)21-17-9-8-16(23-24-17)18(25)22-13-6-7-15(20)14(19)10-13/h2-10H,1H3,(H,21,24)(H,22,25). The number of benzene rings is 2. The quantitative estimate of drug-likeness (QED) is 0.718. The summed E-state index contributed by atoms with van der Waals surface area (Å²) in [5.74, 6) is -0.492. The summed E-state index contributed by atoms with van der Waals surface area (Å²) in [5, 5.41) is 13.5. The van der Waals surface area contributed by atoms with Gasteiger partial charge in [0.15, 0.2) is 11.5 Å². The van der Waals surface area contributed by atoms with Crippen molar-refractivity contribution in [2.75, 3.05) is 10.6 Å². The number of halogens is 2. The number of carbonyl (C=O) groups is 1. The van der Waals surface area contributed by atoms with E-state index < -0.39 is 11.7 Å². The summed E-state index contributed by atoms with van der Waals surface area (Å²) in [7, 11) is 0. The van der Waals surface area contributed by atoms with Gasteiger partial charge in [-0.2, -0.15) is 0 Å². The van der Waals surface area contributed by atoms with Gasteiger partial charge in [-0.1, -0.05) is 29.3 Å². The van der Waals surface area contributed by atoms with Gasteiger partial charge in [-0.15, -0.1) is 10.2 Å². The Kier molecular flexibility index (Phi) is 4.90. The third kappa shape index (κ3) is 4.30. The minimum Gasteiger partial charge on any atom is -0.339 e. The molecule has 0 radical (unpaired) electrons. The Balaban J connectivity index is 1.67. The van der Waals surface area contributed by atoms with Crippen molar-refractivity contribution >= 4 is 34.7 Å². The minimum absolute atomic E-state index is 0.0680. The van der Waals surface area contributed by atoms with Crippen molar-refractivity contribution < 1.29 is 9.18 Å². The van der Waals surface area contributed by atoms with Crippen LogP contribution in [0, 0.1) is 12.7 Å². The lowest BCUT2D eigenvalue weighted by atomic mass is 10.2. The Hall–Kier alpha value is -2.99. The molecule has 3 aromatic rings. The highest BCUT2D eigenvalue weighted by atomic mass is 35.5.